The van der Waals surface area contributed by atoms with Crippen LogP contribution >= 0.6 is 0 Å². The summed E-state index contributed by atoms with van der Waals surface area (Å²) in [5.74, 6) is 1.04. The Kier molecular flexibility index (Phi) is 3.91. The van der Waals surface area contributed by atoms with Crippen LogP contribution in [0.1, 0.15) is 24.1 Å². The van der Waals surface area contributed by atoms with Gasteiger partial charge in [-0.25, -0.2) is 9.78 Å². The summed E-state index contributed by atoms with van der Waals surface area (Å²) in [5, 5.41) is 3.26. The molecule has 3 rings (SSSR count). The Hall–Kier alpha value is -2.63. The minimum Gasteiger partial charge on any atom is -0.447 e. The number of carbonyl (C=O) groups excluding carboxylic acids is 1. The quantitative estimate of drug-likeness (QED) is 0.940. The van der Waals surface area contributed by atoms with Gasteiger partial charge in [0, 0.05) is 6.20 Å². The van der Waals surface area contributed by atoms with Crippen molar-refractivity contribution in [2.75, 3.05) is 23.4 Å². The number of aryl methyl sites for hydroxylation is 1. The Morgan fingerprint density at radius 1 is 1.27 bits per heavy atom. The number of carbonyl (C=O) groups is 1. The molecule has 1 fully saturated rings. The molecule has 0 spiro atoms. The molecule has 6 nitrogen and oxygen atoms in total. The standard InChI is InChI=1S/C16H18N4O2/c1-11-3-5-13(6-4-11)12(2)18-15-17-8-7-14(19-15)20-9-10-22-16(20)21/h3-8,12H,9-10H2,1-2H3,(H,17,18,19)/t12-/m1/s1. The van der Waals surface area contributed by atoms with Crippen LogP contribution in [0.15, 0.2) is 36.5 Å². The van der Waals surface area contributed by atoms with Crippen molar-refractivity contribution in [2.45, 2.75) is 19.9 Å². The molecule has 2 heterocycles. The highest BCUT2D eigenvalue weighted by Gasteiger charge is 2.25. The summed E-state index contributed by atoms with van der Waals surface area (Å²) in [4.78, 5) is 21.7. The highest BCUT2D eigenvalue weighted by molar-refractivity contribution is 5.88. The van der Waals surface area contributed by atoms with E-state index in [1.807, 2.05) is 6.92 Å². The van der Waals surface area contributed by atoms with E-state index in [0.29, 0.717) is 24.9 Å². The van der Waals surface area contributed by atoms with E-state index in [4.69, 9.17) is 4.74 Å². The van der Waals surface area contributed by atoms with Crippen LogP contribution in [-0.2, 0) is 4.74 Å². The second-order valence-corrected chi connectivity index (χ2v) is 5.28. The number of nitrogens with one attached hydrogen (secondary N) is 1. The number of benzene rings is 1. The predicted molar refractivity (Wildman–Crippen MR) is 83.9 cm³/mol. The summed E-state index contributed by atoms with van der Waals surface area (Å²) in [6.07, 6.45) is 1.27. The van der Waals surface area contributed by atoms with Crippen LogP contribution in [0.3, 0.4) is 0 Å². The third-order valence-electron chi connectivity index (χ3n) is 3.60. The molecule has 1 saturated heterocycles. The fraction of sp³-hybridized carbons (Fsp3) is 0.312. The lowest BCUT2D eigenvalue weighted by Crippen LogP contribution is -2.25. The van der Waals surface area contributed by atoms with Crippen molar-refractivity contribution in [2.24, 2.45) is 0 Å². The molecule has 1 aromatic carbocycles. The van der Waals surface area contributed by atoms with Gasteiger partial charge in [-0.15, -0.1) is 0 Å². The third-order valence-corrected chi connectivity index (χ3v) is 3.60. The average Bonchev–Trinajstić information content (AvgIpc) is 2.94. The van der Waals surface area contributed by atoms with Gasteiger partial charge in [0.05, 0.1) is 12.6 Å². The van der Waals surface area contributed by atoms with Crippen LogP contribution < -0.4 is 10.2 Å². The fourth-order valence-electron chi connectivity index (χ4n) is 2.30. The van der Waals surface area contributed by atoms with E-state index in [-0.39, 0.29) is 12.1 Å². The Labute approximate surface area is 129 Å². The number of amides is 1. The minimum absolute atomic E-state index is 0.0707. The lowest BCUT2D eigenvalue weighted by atomic mass is 10.1. The molecule has 1 aliphatic rings. The van der Waals surface area contributed by atoms with Gasteiger partial charge in [-0.2, -0.15) is 4.98 Å². The zero-order chi connectivity index (χ0) is 15.5. The molecule has 1 N–H and O–H groups in total. The fourth-order valence-corrected chi connectivity index (χ4v) is 2.30. The van der Waals surface area contributed by atoms with Crippen molar-refractivity contribution in [3.8, 4) is 0 Å². The highest BCUT2D eigenvalue weighted by Crippen LogP contribution is 2.20. The van der Waals surface area contributed by atoms with Gasteiger partial charge in [0.2, 0.25) is 5.95 Å². The number of ether oxygens (including phenoxy) is 1. The Morgan fingerprint density at radius 2 is 2.05 bits per heavy atom. The lowest BCUT2D eigenvalue weighted by molar-refractivity contribution is 0.181. The molecule has 6 heteroatoms. The van der Waals surface area contributed by atoms with Gasteiger partial charge < -0.3 is 10.1 Å². The number of hydrogen-bond acceptors (Lipinski definition) is 5. The molecule has 114 valence electrons. The topological polar surface area (TPSA) is 67.3 Å². The van der Waals surface area contributed by atoms with E-state index in [2.05, 4.69) is 46.5 Å². The van der Waals surface area contributed by atoms with Gasteiger partial charge in [0.25, 0.3) is 0 Å². The molecule has 0 saturated carbocycles. The van der Waals surface area contributed by atoms with Crippen LogP contribution in [0.4, 0.5) is 16.6 Å². The molecule has 1 amide bonds. The second kappa shape index (κ2) is 6.01. The van der Waals surface area contributed by atoms with E-state index in [1.54, 1.807) is 12.3 Å². The maximum atomic E-state index is 11.6. The normalized spacial score (nSPS) is 15.5. The van der Waals surface area contributed by atoms with Gasteiger partial charge in [-0.1, -0.05) is 29.8 Å². The van der Waals surface area contributed by atoms with E-state index < -0.39 is 0 Å². The largest absolute Gasteiger partial charge is 0.447 e. The van der Waals surface area contributed by atoms with Crippen molar-refractivity contribution in [3.05, 3.63) is 47.7 Å². The molecule has 0 unspecified atom stereocenters. The number of hydrogen-bond donors (Lipinski definition) is 1. The monoisotopic (exact) mass is 298 g/mol. The Morgan fingerprint density at radius 3 is 2.73 bits per heavy atom. The summed E-state index contributed by atoms with van der Waals surface area (Å²) in [6, 6.07) is 10.1. The molecule has 0 radical (unpaired) electrons. The van der Waals surface area contributed by atoms with Crippen molar-refractivity contribution < 1.29 is 9.53 Å². The molecule has 0 bridgehead atoms. The first kappa shape index (κ1) is 14.3. The van der Waals surface area contributed by atoms with Crippen LogP contribution in [0.25, 0.3) is 0 Å². The molecule has 1 aromatic heterocycles. The van der Waals surface area contributed by atoms with Crippen LogP contribution in [-0.4, -0.2) is 29.2 Å². The van der Waals surface area contributed by atoms with Crippen LogP contribution in [0.2, 0.25) is 0 Å². The van der Waals surface area contributed by atoms with Gasteiger partial charge in [-0.3, -0.25) is 4.90 Å². The average molecular weight is 298 g/mol. The van der Waals surface area contributed by atoms with Gasteiger partial charge >= 0.3 is 6.09 Å². The Bertz CT molecular complexity index is 672. The van der Waals surface area contributed by atoms with Crippen molar-refractivity contribution in [3.63, 3.8) is 0 Å². The summed E-state index contributed by atoms with van der Waals surface area (Å²) in [6.45, 7) is 5.02. The molecule has 1 atom stereocenters. The van der Waals surface area contributed by atoms with Crippen LogP contribution in [0, 0.1) is 6.92 Å². The van der Waals surface area contributed by atoms with Crippen molar-refractivity contribution >= 4 is 17.9 Å². The van der Waals surface area contributed by atoms with E-state index >= 15 is 0 Å². The zero-order valence-corrected chi connectivity index (χ0v) is 12.6. The summed E-state index contributed by atoms with van der Waals surface area (Å²) in [5.41, 5.74) is 2.38. The number of aromatic nitrogens is 2. The second-order valence-electron chi connectivity index (χ2n) is 5.28. The summed E-state index contributed by atoms with van der Waals surface area (Å²) < 4.78 is 4.93. The maximum Gasteiger partial charge on any atom is 0.415 e. The number of anilines is 2. The number of rotatable bonds is 4. The van der Waals surface area contributed by atoms with Crippen molar-refractivity contribution in [1.82, 2.24) is 9.97 Å². The first-order chi connectivity index (χ1) is 10.6. The highest BCUT2D eigenvalue weighted by atomic mass is 16.6. The molecule has 1 aliphatic heterocycles. The SMILES string of the molecule is Cc1ccc([C@@H](C)Nc2nccc(N3CCOC3=O)n2)cc1. The van der Waals surface area contributed by atoms with Crippen molar-refractivity contribution in [1.29, 1.82) is 0 Å². The lowest BCUT2D eigenvalue weighted by Gasteiger charge is -2.16. The van der Waals surface area contributed by atoms with Crippen LogP contribution in [0.5, 0.6) is 0 Å². The first-order valence-electron chi connectivity index (χ1n) is 7.24. The van der Waals surface area contributed by atoms with E-state index in [0.717, 1.165) is 5.56 Å². The van der Waals surface area contributed by atoms with Gasteiger partial charge in [-0.05, 0) is 25.5 Å². The maximum absolute atomic E-state index is 11.6. The predicted octanol–water partition coefficient (Wildman–Crippen LogP) is 2.91. The number of cyclic esters (lactones) is 1. The van der Waals surface area contributed by atoms with E-state index in [9.17, 15) is 4.79 Å². The molecule has 0 aliphatic carbocycles. The number of nitrogens with zero attached hydrogens (tertiary/aromatic N) is 3. The minimum atomic E-state index is -0.365. The molecule has 2 aromatic rings. The van der Waals surface area contributed by atoms with Gasteiger partial charge in [0.1, 0.15) is 12.4 Å². The Balaban J connectivity index is 1.75. The zero-order valence-electron chi connectivity index (χ0n) is 12.6. The molecular weight excluding hydrogens is 280 g/mol. The molecule has 22 heavy (non-hydrogen) atoms. The summed E-state index contributed by atoms with van der Waals surface area (Å²) >= 11 is 0. The smallest absolute Gasteiger partial charge is 0.415 e. The summed E-state index contributed by atoms with van der Waals surface area (Å²) in [7, 11) is 0. The van der Waals surface area contributed by atoms with Gasteiger partial charge in [0.15, 0.2) is 0 Å². The first-order valence-corrected chi connectivity index (χ1v) is 7.24. The molecular formula is C16H18N4O2. The van der Waals surface area contributed by atoms with E-state index in [1.165, 1.54) is 10.5 Å². The third kappa shape index (κ3) is 3.00.